The van der Waals surface area contributed by atoms with E-state index in [2.05, 4.69) is 61.1 Å². The predicted octanol–water partition coefficient (Wildman–Crippen LogP) is 5.16. The van der Waals surface area contributed by atoms with Crippen LogP contribution in [-0.4, -0.2) is 18.3 Å². The molecule has 0 heterocycles. The Labute approximate surface area is 148 Å². The van der Waals surface area contributed by atoms with Gasteiger partial charge in [-0.15, -0.1) is 0 Å². The molecule has 2 aromatic carbocycles. The van der Waals surface area contributed by atoms with E-state index in [1.165, 1.54) is 0 Å². The molecule has 2 N–H and O–H groups in total. The number of nitrogens with one attached hydrogen (secondary N) is 1. The molecule has 0 aliphatic rings. The van der Waals surface area contributed by atoms with E-state index in [1.54, 1.807) is 6.92 Å². The lowest BCUT2D eigenvalue weighted by Gasteiger charge is -2.30. The Kier molecular flexibility index (Phi) is 5.89. The summed E-state index contributed by atoms with van der Waals surface area (Å²) in [6.45, 7) is 3.87. The molecule has 2 aromatic rings. The number of hydrogen-bond donors (Lipinski definition) is 2. The average Bonchev–Trinajstić information content (AvgIpc) is 2.48. The third-order valence-electron chi connectivity index (χ3n) is 3.62. The zero-order valence-corrected chi connectivity index (χ0v) is 16.0. The SMILES string of the molecule is CC(O)c1cc(Br)ccc1NC(C)N(C)c1cccc(Br)c1. The van der Waals surface area contributed by atoms with Crippen LogP contribution in [0, 0.1) is 0 Å². The maximum absolute atomic E-state index is 9.95. The maximum atomic E-state index is 9.95. The van der Waals surface area contributed by atoms with Gasteiger partial charge in [0.1, 0.15) is 0 Å². The van der Waals surface area contributed by atoms with Crippen molar-refractivity contribution in [3.05, 3.63) is 57.0 Å². The molecular weight excluding hydrogens is 408 g/mol. The standard InChI is InChI=1S/C17H20Br2N2O/c1-11(22)16-10-14(19)7-8-17(16)20-12(2)21(3)15-6-4-5-13(18)9-15/h4-12,20,22H,1-3H3. The second-order valence-corrected chi connectivity index (χ2v) is 7.15. The molecule has 0 aliphatic carbocycles. The van der Waals surface area contributed by atoms with Crippen LogP contribution < -0.4 is 10.2 Å². The number of aliphatic hydroxyl groups is 1. The monoisotopic (exact) mass is 426 g/mol. The molecule has 0 fully saturated rings. The van der Waals surface area contributed by atoms with Crippen LogP contribution in [-0.2, 0) is 0 Å². The lowest BCUT2D eigenvalue weighted by Crippen LogP contribution is -2.35. The van der Waals surface area contributed by atoms with Crippen molar-refractivity contribution >= 4 is 43.2 Å². The van der Waals surface area contributed by atoms with Gasteiger partial charge in [-0.2, -0.15) is 0 Å². The second-order valence-electron chi connectivity index (χ2n) is 5.32. The van der Waals surface area contributed by atoms with Gasteiger partial charge in [-0.1, -0.05) is 37.9 Å². The summed E-state index contributed by atoms with van der Waals surface area (Å²) in [5, 5.41) is 13.4. The number of benzene rings is 2. The molecule has 2 rings (SSSR count). The summed E-state index contributed by atoms with van der Waals surface area (Å²) in [6, 6.07) is 14.1. The summed E-state index contributed by atoms with van der Waals surface area (Å²) in [5.74, 6) is 0. The van der Waals surface area contributed by atoms with Gasteiger partial charge in [-0.3, -0.25) is 0 Å². The van der Waals surface area contributed by atoms with E-state index in [9.17, 15) is 5.11 Å². The summed E-state index contributed by atoms with van der Waals surface area (Å²) in [5.41, 5.74) is 2.93. The lowest BCUT2D eigenvalue weighted by atomic mass is 10.1. The maximum Gasteiger partial charge on any atom is 0.0958 e. The van der Waals surface area contributed by atoms with Gasteiger partial charge < -0.3 is 15.3 Å². The van der Waals surface area contributed by atoms with Crippen LogP contribution in [0.2, 0.25) is 0 Å². The molecule has 2 atom stereocenters. The summed E-state index contributed by atoms with van der Waals surface area (Å²) < 4.78 is 2.01. The Balaban J connectivity index is 2.20. The molecule has 0 saturated carbocycles. The first-order chi connectivity index (χ1) is 10.4. The van der Waals surface area contributed by atoms with E-state index in [0.29, 0.717) is 0 Å². The van der Waals surface area contributed by atoms with E-state index >= 15 is 0 Å². The Morgan fingerprint density at radius 2 is 1.73 bits per heavy atom. The van der Waals surface area contributed by atoms with E-state index < -0.39 is 6.10 Å². The number of rotatable bonds is 5. The minimum absolute atomic E-state index is 0.0768. The molecule has 118 valence electrons. The zero-order chi connectivity index (χ0) is 16.3. The topological polar surface area (TPSA) is 35.5 Å². The molecule has 0 amide bonds. The van der Waals surface area contributed by atoms with Gasteiger partial charge in [0.25, 0.3) is 0 Å². The third kappa shape index (κ3) is 4.24. The quantitative estimate of drug-likeness (QED) is 0.647. The first-order valence-corrected chi connectivity index (χ1v) is 8.69. The van der Waals surface area contributed by atoms with Crippen molar-refractivity contribution in [3.63, 3.8) is 0 Å². The molecule has 2 unspecified atom stereocenters. The Morgan fingerprint density at radius 3 is 2.36 bits per heavy atom. The van der Waals surface area contributed by atoms with Crippen LogP contribution in [0.25, 0.3) is 0 Å². The minimum atomic E-state index is -0.525. The highest BCUT2D eigenvalue weighted by Gasteiger charge is 2.14. The number of halogens is 2. The van der Waals surface area contributed by atoms with Gasteiger partial charge in [0.2, 0.25) is 0 Å². The van der Waals surface area contributed by atoms with Gasteiger partial charge in [0.15, 0.2) is 0 Å². The Hall–Kier alpha value is -1.04. The molecule has 0 saturated heterocycles. The Morgan fingerprint density at radius 1 is 1.05 bits per heavy atom. The van der Waals surface area contributed by atoms with Crippen LogP contribution in [0.4, 0.5) is 11.4 Å². The first kappa shape index (κ1) is 17.3. The molecule has 0 radical (unpaired) electrons. The van der Waals surface area contributed by atoms with Crippen LogP contribution >= 0.6 is 31.9 Å². The van der Waals surface area contributed by atoms with Crippen LogP contribution in [0.5, 0.6) is 0 Å². The van der Waals surface area contributed by atoms with Crippen molar-refractivity contribution in [2.45, 2.75) is 26.1 Å². The van der Waals surface area contributed by atoms with Crippen LogP contribution in [0.15, 0.2) is 51.4 Å². The minimum Gasteiger partial charge on any atom is -0.389 e. The molecule has 22 heavy (non-hydrogen) atoms. The van der Waals surface area contributed by atoms with Crippen molar-refractivity contribution in [1.29, 1.82) is 0 Å². The summed E-state index contributed by atoms with van der Waals surface area (Å²) >= 11 is 6.95. The van der Waals surface area contributed by atoms with Crippen molar-refractivity contribution in [1.82, 2.24) is 0 Å². The van der Waals surface area contributed by atoms with E-state index in [0.717, 1.165) is 25.9 Å². The molecule has 0 aromatic heterocycles. The number of nitrogens with zero attached hydrogens (tertiary/aromatic N) is 1. The van der Waals surface area contributed by atoms with Crippen LogP contribution in [0.3, 0.4) is 0 Å². The van der Waals surface area contributed by atoms with Gasteiger partial charge in [-0.25, -0.2) is 0 Å². The second kappa shape index (κ2) is 7.49. The van der Waals surface area contributed by atoms with E-state index in [1.807, 2.05) is 37.4 Å². The van der Waals surface area contributed by atoms with Gasteiger partial charge in [0.05, 0.1) is 12.3 Å². The van der Waals surface area contributed by atoms with E-state index in [4.69, 9.17) is 0 Å². The van der Waals surface area contributed by atoms with Gasteiger partial charge >= 0.3 is 0 Å². The lowest BCUT2D eigenvalue weighted by molar-refractivity contribution is 0.200. The van der Waals surface area contributed by atoms with Gasteiger partial charge in [0, 0.05) is 32.9 Å². The summed E-state index contributed by atoms with van der Waals surface area (Å²) in [6.07, 6.45) is -0.448. The number of anilines is 2. The zero-order valence-electron chi connectivity index (χ0n) is 12.8. The fourth-order valence-corrected chi connectivity index (χ4v) is 3.02. The highest BCUT2D eigenvalue weighted by atomic mass is 79.9. The molecule has 3 nitrogen and oxygen atoms in total. The normalized spacial score (nSPS) is 13.5. The summed E-state index contributed by atoms with van der Waals surface area (Å²) in [4.78, 5) is 2.15. The van der Waals surface area contributed by atoms with Crippen molar-refractivity contribution in [2.75, 3.05) is 17.3 Å². The van der Waals surface area contributed by atoms with E-state index in [-0.39, 0.29) is 6.17 Å². The highest BCUT2D eigenvalue weighted by Crippen LogP contribution is 2.28. The molecule has 0 spiro atoms. The number of aliphatic hydroxyl groups excluding tert-OH is 1. The van der Waals surface area contributed by atoms with Crippen molar-refractivity contribution in [2.24, 2.45) is 0 Å². The average molecular weight is 428 g/mol. The fraction of sp³-hybridized carbons (Fsp3) is 0.294. The number of hydrogen-bond acceptors (Lipinski definition) is 3. The largest absolute Gasteiger partial charge is 0.389 e. The molecule has 5 heteroatoms. The fourth-order valence-electron chi connectivity index (χ4n) is 2.25. The highest BCUT2D eigenvalue weighted by molar-refractivity contribution is 9.10. The predicted molar refractivity (Wildman–Crippen MR) is 100 cm³/mol. The molecular formula is C17H20Br2N2O. The third-order valence-corrected chi connectivity index (χ3v) is 4.61. The van der Waals surface area contributed by atoms with Crippen molar-refractivity contribution < 1.29 is 5.11 Å². The molecule has 0 aliphatic heterocycles. The summed E-state index contributed by atoms with van der Waals surface area (Å²) in [7, 11) is 2.04. The Bertz CT molecular complexity index is 646. The van der Waals surface area contributed by atoms with Crippen molar-refractivity contribution in [3.8, 4) is 0 Å². The smallest absolute Gasteiger partial charge is 0.0958 e. The van der Waals surface area contributed by atoms with Gasteiger partial charge in [-0.05, 0) is 50.2 Å². The molecule has 0 bridgehead atoms. The van der Waals surface area contributed by atoms with Crippen LogP contribution in [0.1, 0.15) is 25.5 Å². The first-order valence-electron chi connectivity index (χ1n) is 7.11.